The summed E-state index contributed by atoms with van der Waals surface area (Å²) in [6.45, 7) is 1.96. The molecule has 2 aliphatic rings. The fourth-order valence-electron chi connectivity index (χ4n) is 3.08. The lowest BCUT2D eigenvalue weighted by Crippen LogP contribution is -2.61. The maximum Gasteiger partial charge on any atom is 0.246 e. The van der Waals surface area contributed by atoms with Crippen LogP contribution in [-0.4, -0.2) is 29.9 Å². The second-order valence-electron chi connectivity index (χ2n) is 5.98. The smallest absolute Gasteiger partial charge is 0.246 e. The molecule has 0 saturated heterocycles. The van der Waals surface area contributed by atoms with E-state index in [1.165, 1.54) is 6.92 Å². The van der Waals surface area contributed by atoms with Crippen LogP contribution in [0.1, 0.15) is 51.9 Å². The molecule has 2 rings (SSSR count). The zero-order valence-corrected chi connectivity index (χ0v) is 12.9. The number of nitrogens with one attached hydrogen (secondary N) is 2. The minimum atomic E-state index is -0.702. The van der Waals surface area contributed by atoms with Crippen LogP contribution >= 0.6 is 12.4 Å². The molecule has 0 aromatic carbocycles. The molecule has 2 saturated carbocycles. The van der Waals surface area contributed by atoms with Gasteiger partial charge < -0.3 is 16.4 Å². The molecule has 0 aromatic heterocycles. The van der Waals surface area contributed by atoms with Crippen molar-refractivity contribution in [2.24, 2.45) is 11.7 Å². The second kappa shape index (κ2) is 7.27. The molecule has 116 valence electrons. The molecular formula is C14H26ClN3O2. The first-order chi connectivity index (χ1) is 9.07. The van der Waals surface area contributed by atoms with Gasteiger partial charge in [-0.2, -0.15) is 0 Å². The molecule has 0 bridgehead atoms. The first kappa shape index (κ1) is 17.2. The lowest BCUT2D eigenvalue weighted by Gasteiger charge is -2.37. The second-order valence-corrected chi connectivity index (χ2v) is 5.98. The topological polar surface area (TPSA) is 84.2 Å². The van der Waals surface area contributed by atoms with Crippen LogP contribution in [0.4, 0.5) is 0 Å². The normalized spacial score (nSPS) is 22.3. The maximum atomic E-state index is 12.6. The highest BCUT2D eigenvalue weighted by atomic mass is 35.5. The van der Waals surface area contributed by atoms with Crippen LogP contribution in [0.5, 0.6) is 0 Å². The van der Waals surface area contributed by atoms with E-state index in [-0.39, 0.29) is 30.3 Å². The van der Waals surface area contributed by atoms with Gasteiger partial charge in [-0.25, -0.2) is 0 Å². The minimum Gasteiger partial charge on any atom is -0.350 e. The summed E-state index contributed by atoms with van der Waals surface area (Å²) in [7, 11) is 0. The minimum absolute atomic E-state index is 0. The highest BCUT2D eigenvalue weighted by Crippen LogP contribution is 2.33. The quantitative estimate of drug-likeness (QED) is 0.711. The Morgan fingerprint density at radius 3 is 2.30 bits per heavy atom. The standard InChI is InChI=1S/C14H25N3O2.ClH/c1-10(18)17-14(7-3-2-4-8-14)13(19)16-12(9-15)11-5-6-11;/h11-12H,2-9,15H2,1H3,(H,16,19)(H,17,18);1H. The molecule has 6 heteroatoms. The molecule has 4 N–H and O–H groups in total. The van der Waals surface area contributed by atoms with Crippen molar-refractivity contribution in [2.45, 2.75) is 63.5 Å². The van der Waals surface area contributed by atoms with E-state index in [0.717, 1.165) is 44.9 Å². The average molecular weight is 304 g/mol. The van der Waals surface area contributed by atoms with E-state index in [1.54, 1.807) is 0 Å². The summed E-state index contributed by atoms with van der Waals surface area (Å²) in [6, 6.07) is 0.0695. The summed E-state index contributed by atoms with van der Waals surface area (Å²) in [5.74, 6) is 0.365. The van der Waals surface area contributed by atoms with E-state index in [9.17, 15) is 9.59 Å². The first-order valence-corrected chi connectivity index (χ1v) is 7.37. The highest BCUT2D eigenvalue weighted by molar-refractivity contribution is 5.91. The zero-order chi connectivity index (χ0) is 13.9. The molecule has 20 heavy (non-hydrogen) atoms. The number of rotatable bonds is 5. The summed E-state index contributed by atoms with van der Waals surface area (Å²) in [5, 5.41) is 5.96. The van der Waals surface area contributed by atoms with Gasteiger partial charge in [0.25, 0.3) is 0 Å². The summed E-state index contributed by atoms with van der Waals surface area (Å²) >= 11 is 0. The van der Waals surface area contributed by atoms with E-state index in [0.29, 0.717) is 12.5 Å². The largest absolute Gasteiger partial charge is 0.350 e. The van der Waals surface area contributed by atoms with Gasteiger partial charge in [-0.1, -0.05) is 19.3 Å². The number of amides is 2. The predicted octanol–water partition coefficient (Wildman–Crippen LogP) is 1.10. The Morgan fingerprint density at radius 1 is 1.25 bits per heavy atom. The summed E-state index contributed by atoms with van der Waals surface area (Å²) < 4.78 is 0. The van der Waals surface area contributed by atoms with Crippen LogP contribution in [0.25, 0.3) is 0 Å². The van der Waals surface area contributed by atoms with Crippen molar-refractivity contribution in [1.29, 1.82) is 0 Å². The van der Waals surface area contributed by atoms with Crippen molar-refractivity contribution in [3.8, 4) is 0 Å². The lowest BCUT2D eigenvalue weighted by atomic mass is 9.80. The zero-order valence-electron chi connectivity index (χ0n) is 12.1. The van der Waals surface area contributed by atoms with E-state index in [4.69, 9.17) is 5.73 Å². The molecular weight excluding hydrogens is 278 g/mol. The van der Waals surface area contributed by atoms with Gasteiger partial charge in [0.15, 0.2) is 0 Å². The van der Waals surface area contributed by atoms with Crippen molar-refractivity contribution in [1.82, 2.24) is 10.6 Å². The number of halogens is 1. The molecule has 0 radical (unpaired) electrons. The summed E-state index contributed by atoms with van der Waals surface area (Å²) in [4.78, 5) is 24.0. The molecule has 0 aromatic rings. The number of hydrogen-bond donors (Lipinski definition) is 3. The molecule has 2 fully saturated rings. The molecule has 1 unspecified atom stereocenters. The van der Waals surface area contributed by atoms with Crippen molar-refractivity contribution < 1.29 is 9.59 Å². The summed E-state index contributed by atoms with van der Waals surface area (Å²) in [5.41, 5.74) is 5.03. The van der Waals surface area contributed by atoms with E-state index in [2.05, 4.69) is 10.6 Å². The number of carbonyl (C=O) groups is 2. The third kappa shape index (κ3) is 4.09. The lowest BCUT2D eigenvalue weighted by molar-refractivity contribution is -0.135. The third-order valence-corrected chi connectivity index (χ3v) is 4.32. The monoisotopic (exact) mass is 303 g/mol. The van der Waals surface area contributed by atoms with Gasteiger partial charge in [0.2, 0.25) is 11.8 Å². The number of carbonyl (C=O) groups excluding carboxylic acids is 2. The maximum absolute atomic E-state index is 12.6. The fourth-order valence-corrected chi connectivity index (χ4v) is 3.08. The van der Waals surface area contributed by atoms with Crippen LogP contribution < -0.4 is 16.4 Å². The van der Waals surface area contributed by atoms with Gasteiger partial charge in [0, 0.05) is 19.5 Å². The Balaban J connectivity index is 0.00000200. The van der Waals surface area contributed by atoms with Crippen molar-refractivity contribution >= 4 is 24.2 Å². The average Bonchev–Trinajstić information content (AvgIpc) is 3.20. The van der Waals surface area contributed by atoms with Crippen molar-refractivity contribution in [3.05, 3.63) is 0 Å². The number of hydrogen-bond acceptors (Lipinski definition) is 3. The Hall–Kier alpha value is -0.810. The van der Waals surface area contributed by atoms with Gasteiger partial charge in [-0.3, -0.25) is 9.59 Å². The Kier molecular flexibility index (Phi) is 6.27. The van der Waals surface area contributed by atoms with Crippen LogP contribution in [0.3, 0.4) is 0 Å². The van der Waals surface area contributed by atoms with Crippen molar-refractivity contribution in [2.75, 3.05) is 6.54 Å². The predicted molar refractivity (Wildman–Crippen MR) is 80.6 cm³/mol. The fraction of sp³-hybridized carbons (Fsp3) is 0.857. The SMILES string of the molecule is CC(=O)NC1(C(=O)NC(CN)C2CC2)CCCCC1.Cl. The first-order valence-electron chi connectivity index (χ1n) is 7.37. The molecule has 5 nitrogen and oxygen atoms in total. The van der Waals surface area contributed by atoms with E-state index < -0.39 is 5.54 Å². The van der Waals surface area contributed by atoms with Crippen LogP contribution in [0.15, 0.2) is 0 Å². The Morgan fingerprint density at radius 2 is 1.85 bits per heavy atom. The van der Waals surface area contributed by atoms with E-state index in [1.807, 2.05) is 0 Å². The number of nitrogens with two attached hydrogens (primary N) is 1. The van der Waals surface area contributed by atoms with Crippen molar-refractivity contribution in [3.63, 3.8) is 0 Å². The van der Waals surface area contributed by atoms with Crippen LogP contribution in [0, 0.1) is 5.92 Å². The molecule has 2 aliphatic carbocycles. The van der Waals surface area contributed by atoms with Gasteiger partial charge in [0.1, 0.15) is 5.54 Å². The molecule has 0 heterocycles. The molecule has 1 atom stereocenters. The van der Waals surface area contributed by atoms with E-state index >= 15 is 0 Å². The summed E-state index contributed by atoms with van der Waals surface area (Å²) in [6.07, 6.45) is 6.89. The van der Waals surface area contributed by atoms with Crippen LogP contribution in [-0.2, 0) is 9.59 Å². The Labute approximate surface area is 126 Å². The molecule has 2 amide bonds. The highest BCUT2D eigenvalue weighted by Gasteiger charge is 2.42. The molecule has 0 aliphatic heterocycles. The molecule has 0 spiro atoms. The van der Waals surface area contributed by atoms with Gasteiger partial charge in [-0.15, -0.1) is 12.4 Å². The third-order valence-electron chi connectivity index (χ3n) is 4.32. The van der Waals surface area contributed by atoms with Gasteiger partial charge in [-0.05, 0) is 31.6 Å². The van der Waals surface area contributed by atoms with Gasteiger partial charge >= 0.3 is 0 Å². The van der Waals surface area contributed by atoms with Gasteiger partial charge in [0.05, 0.1) is 0 Å². The van der Waals surface area contributed by atoms with Crippen LogP contribution in [0.2, 0.25) is 0 Å². The Bertz CT molecular complexity index is 352.